The van der Waals surface area contributed by atoms with Gasteiger partial charge in [-0.05, 0) is 18.2 Å². The second-order valence-corrected chi connectivity index (χ2v) is 3.46. The van der Waals surface area contributed by atoms with Crippen molar-refractivity contribution in [2.75, 3.05) is 0 Å². The molecule has 0 bridgehead atoms. The van der Waals surface area contributed by atoms with Gasteiger partial charge >= 0.3 is 6.18 Å². The van der Waals surface area contributed by atoms with Gasteiger partial charge in [0.25, 0.3) is 5.56 Å². The third-order valence-corrected chi connectivity index (χ3v) is 2.28. The Morgan fingerprint density at radius 3 is 2.18 bits per heavy atom. The molecule has 0 amide bonds. The van der Waals surface area contributed by atoms with Crippen molar-refractivity contribution in [3.8, 4) is 5.69 Å². The Morgan fingerprint density at radius 1 is 1.00 bits per heavy atom. The lowest BCUT2D eigenvalue weighted by atomic mass is 10.2. The highest BCUT2D eigenvalue weighted by Gasteiger charge is 2.30. The molecule has 0 radical (unpaired) electrons. The second kappa shape index (κ2) is 4.08. The van der Waals surface area contributed by atoms with Crippen LogP contribution in [0.5, 0.6) is 0 Å². The van der Waals surface area contributed by atoms with Gasteiger partial charge in [-0.2, -0.15) is 13.2 Å². The summed E-state index contributed by atoms with van der Waals surface area (Å²) in [5.74, 6) is 0. The molecule has 2 aromatic rings. The van der Waals surface area contributed by atoms with E-state index in [4.69, 9.17) is 0 Å². The van der Waals surface area contributed by atoms with E-state index in [1.165, 1.54) is 0 Å². The average Bonchev–Trinajstić information content (AvgIpc) is 2.29. The third kappa shape index (κ3) is 2.38. The van der Waals surface area contributed by atoms with E-state index in [1.54, 1.807) is 30.3 Å². The van der Waals surface area contributed by atoms with Gasteiger partial charge in [0.2, 0.25) is 0 Å². The second-order valence-electron chi connectivity index (χ2n) is 3.46. The molecule has 5 heteroatoms. The van der Waals surface area contributed by atoms with E-state index in [-0.39, 0.29) is 0 Å². The highest BCUT2D eigenvalue weighted by atomic mass is 19.4. The van der Waals surface area contributed by atoms with Crippen molar-refractivity contribution in [2.45, 2.75) is 6.18 Å². The van der Waals surface area contributed by atoms with E-state index in [0.29, 0.717) is 11.8 Å². The minimum atomic E-state index is -4.49. The third-order valence-electron chi connectivity index (χ3n) is 2.28. The zero-order valence-electron chi connectivity index (χ0n) is 8.61. The lowest BCUT2D eigenvalue weighted by Gasteiger charge is -2.09. The topological polar surface area (TPSA) is 22.0 Å². The molecule has 17 heavy (non-hydrogen) atoms. The van der Waals surface area contributed by atoms with Crippen LogP contribution in [0.15, 0.2) is 53.5 Å². The number of rotatable bonds is 1. The molecular formula is C12H8F3NO. The molecule has 0 saturated carbocycles. The number of alkyl halides is 3. The molecule has 2 nitrogen and oxygen atoms in total. The van der Waals surface area contributed by atoms with E-state index in [2.05, 4.69) is 0 Å². The fraction of sp³-hybridized carbons (Fsp3) is 0.0833. The molecule has 0 saturated heterocycles. The highest BCUT2D eigenvalue weighted by molar-refractivity contribution is 5.32. The maximum atomic E-state index is 12.4. The monoisotopic (exact) mass is 239 g/mol. The molecule has 0 aliphatic carbocycles. The van der Waals surface area contributed by atoms with Crippen LogP contribution in [-0.2, 0) is 6.18 Å². The summed E-state index contributed by atoms with van der Waals surface area (Å²) < 4.78 is 38.2. The molecule has 1 aromatic carbocycles. The minimum Gasteiger partial charge on any atom is -0.284 e. The summed E-state index contributed by atoms with van der Waals surface area (Å²) in [7, 11) is 0. The lowest BCUT2D eigenvalue weighted by molar-refractivity contribution is -0.137. The number of halogens is 3. The first-order chi connectivity index (χ1) is 7.98. The Morgan fingerprint density at radius 2 is 1.65 bits per heavy atom. The van der Waals surface area contributed by atoms with Crippen molar-refractivity contribution in [2.24, 2.45) is 0 Å². The lowest BCUT2D eigenvalue weighted by Crippen LogP contribution is -2.19. The van der Waals surface area contributed by atoms with Crippen LogP contribution in [0.1, 0.15) is 5.56 Å². The largest absolute Gasteiger partial charge is 0.416 e. The fourth-order valence-electron chi connectivity index (χ4n) is 1.46. The molecule has 1 heterocycles. The summed E-state index contributed by atoms with van der Waals surface area (Å²) in [6.07, 6.45) is -3.37. The number of aromatic nitrogens is 1. The van der Waals surface area contributed by atoms with Gasteiger partial charge in [-0.25, -0.2) is 0 Å². The van der Waals surface area contributed by atoms with Gasteiger partial charge in [0.1, 0.15) is 0 Å². The predicted molar refractivity (Wildman–Crippen MR) is 57.0 cm³/mol. The molecule has 1 aromatic heterocycles. The van der Waals surface area contributed by atoms with E-state index in [1.807, 2.05) is 0 Å². The van der Waals surface area contributed by atoms with Crippen LogP contribution in [0.25, 0.3) is 5.69 Å². The van der Waals surface area contributed by atoms with Crippen molar-refractivity contribution < 1.29 is 13.2 Å². The quantitative estimate of drug-likeness (QED) is 0.750. The van der Waals surface area contributed by atoms with Gasteiger partial charge in [0, 0.05) is 18.0 Å². The highest BCUT2D eigenvalue weighted by Crippen LogP contribution is 2.27. The maximum absolute atomic E-state index is 12.4. The normalized spacial score (nSPS) is 11.5. The van der Waals surface area contributed by atoms with Crippen LogP contribution in [0.4, 0.5) is 13.2 Å². The molecule has 0 aliphatic heterocycles. The molecule has 0 spiro atoms. The van der Waals surface area contributed by atoms with Crippen LogP contribution in [0.3, 0.4) is 0 Å². The number of benzene rings is 1. The van der Waals surface area contributed by atoms with E-state index < -0.39 is 17.3 Å². The predicted octanol–water partition coefficient (Wildman–Crippen LogP) is 2.86. The van der Waals surface area contributed by atoms with Crippen molar-refractivity contribution in [1.82, 2.24) is 4.57 Å². The van der Waals surface area contributed by atoms with Crippen LogP contribution in [-0.4, -0.2) is 4.57 Å². The zero-order valence-corrected chi connectivity index (χ0v) is 8.61. The van der Waals surface area contributed by atoms with Crippen LogP contribution in [0.2, 0.25) is 0 Å². The van der Waals surface area contributed by atoms with Gasteiger partial charge in [0.05, 0.1) is 5.56 Å². The smallest absolute Gasteiger partial charge is 0.284 e. The van der Waals surface area contributed by atoms with E-state index in [9.17, 15) is 18.0 Å². The number of hydrogen-bond acceptors (Lipinski definition) is 1. The molecule has 0 unspecified atom stereocenters. The van der Waals surface area contributed by atoms with Gasteiger partial charge in [-0.3, -0.25) is 9.36 Å². The standard InChI is InChI=1S/C12H8F3NO/c13-12(14,15)9-6-7-16(11(17)8-9)10-4-2-1-3-5-10/h1-8H. The Labute approximate surface area is 94.9 Å². The summed E-state index contributed by atoms with van der Waals surface area (Å²) in [5, 5.41) is 0. The fourth-order valence-corrected chi connectivity index (χ4v) is 1.46. The minimum absolute atomic E-state index is 0.534. The Balaban J connectivity index is 2.51. The average molecular weight is 239 g/mol. The summed E-state index contributed by atoms with van der Waals surface area (Å²) in [5.41, 5.74) is -1.10. The summed E-state index contributed by atoms with van der Waals surface area (Å²) in [6, 6.07) is 9.95. The van der Waals surface area contributed by atoms with Crippen molar-refractivity contribution >= 4 is 0 Å². The van der Waals surface area contributed by atoms with Crippen molar-refractivity contribution in [3.05, 3.63) is 64.6 Å². The maximum Gasteiger partial charge on any atom is 0.416 e. The van der Waals surface area contributed by atoms with Gasteiger partial charge in [0.15, 0.2) is 0 Å². The molecule has 0 atom stereocenters. The number of para-hydroxylation sites is 1. The van der Waals surface area contributed by atoms with E-state index >= 15 is 0 Å². The summed E-state index contributed by atoms with van der Waals surface area (Å²) in [4.78, 5) is 11.6. The van der Waals surface area contributed by atoms with Crippen LogP contribution >= 0.6 is 0 Å². The van der Waals surface area contributed by atoms with Crippen molar-refractivity contribution in [1.29, 1.82) is 0 Å². The first kappa shape index (κ1) is 11.4. The molecule has 2 rings (SSSR count). The summed E-state index contributed by atoms with van der Waals surface area (Å²) in [6.45, 7) is 0. The Bertz CT molecular complexity index is 572. The van der Waals surface area contributed by atoms with Crippen LogP contribution in [0, 0.1) is 0 Å². The SMILES string of the molecule is O=c1cc(C(F)(F)F)ccn1-c1ccccc1. The number of pyridine rings is 1. The first-order valence-electron chi connectivity index (χ1n) is 4.84. The Kier molecular flexibility index (Phi) is 2.75. The molecule has 0 N–H and O–H groups in total. The first-order valence-corrected chi connectivity index (χ1v) is 4.84. The van der Waals surface area contributed by atoms with Gasteiger partial charge in [-0.1, -0.05) is 18.2 Å². The molecule has 88 valence electrons. The van der Waals surface area contributed by atoms with Crippen molar-refractivity contribution in [3.63, 3.8) is 0 Å². The zero-order chi connectivity index (χ0) is 12.5. The van der Waals surface area contributed by atoms with Crippen LogP contribution < -0.4 is 5.56 Å². The number of hydrogen-bond donors (Lipinski definition) is 0. The van der Waals surface area contributed by atoms with Gasteiger partial charge in [-0.15, -0.1) is 0 Å². The van der Waals surface area contributed by atoms with Gasteiger partial charge < -0.3 is 0 Å². The van der Waals surface area contributed by atoms with E-state index in [0.717, 1.165) is 16.8 Å². The molecule has 0 aliphatic rings. The number of nitrogens with zero attached hydrogens (tertiary/aromatic N) is 1. The Hall–Kier alpha value is -2.04. The molecular weight excluding hydrogens is 231 g/mol. The molecule has 0 fully saturated rings. The summed E-state index contributed by atoms with van der Waals surface area (Å²) >= 11 is 0.